The maximum atomic E-state index is 10.9. The molecule has 1 aromatic carbocycles. The fourth-order valence-electron chi connectivity index (χ4n) is 0.912. The van der Waals surface area contributed by atoms with Crippen LogP contribution in [-0.4, -0.2) is 20.5 Å². The maximum absolute atomic E-state index is 10.9. The molecule has 0 heterocycles. The zero-order valence-electron chi connectivity index (χ0n) is 7.53. The molecule has 0 saturated carbocycles. The van der Waals surface area contributed by atoms with Crippen molar-refractivity contribution in [3.63, 3.8) is 0 Å². The SMILES string of the molecule is O=C(CCl)Nc1ccc(NS(=O)[O-])cc1. The molecule has 0 aliphatic heterocycles. The Morgan fingerprint density at radius 2 is 1.87 bits per heavy atom. The van der Waals surface area contributed by atoms with Gasteiger partial charge in [0.15, 0.2) is 0 Å². The number of hydrogen-bond donors (Lipinski definition) is 2. The molecule has 0 aliphatic carbocycles. The van der Waals surface area contributed by atoms with Gasteiger partial charge in [0.1, 0.15) is 5.88 Å². The number of halogens is 1. The molecule has 0 aliphatic rings. The van der Waals surface area contributed by atoms with E-state index in [-0.39, 0.29) is 11.8 Å². The number of hydrogen-bond acceptors (Lipinski definition) is 3. The first-order valence-electron chi connectivity index (χ1n) is 3.93. The molecule has 15 heavy (non-hydrogen) atoms. The van der Waals surface area contributed by atoms with Gasteiger partial charge in [0.25, 0.3) is 0 Å². The Balaban J connectivity index is 2.64. The van der Waals surface area contributed by atoms with Crippen molar-refractivity contribution in [3.05, 3.63) is 24.3 Å². The van der Waals surface area contributed by atoms with Gasteiger partial charge in [-0.1, -0.05) is 0 Å². The van der Waals surface area contributed by atoms with Crippen LogP contribution >= 0.6 is 11.6 Å². The molecule has 1 aromatic rings. The van der Waals surface area contributed by atoms with Crippen LogP contribution in [0.2, 0.25) is 0 Å². The number of alkyl halides is 1. The second-order valence-electron chi connectivity index (χ2n) is 2.60. The number of anilines is 2. The highest BCUT2D eigenvalue weighted by molar-refractivity contribution is 7.80. The zero-order valence-corrected chi connectivity index (χ0v) is 9.10. The minimum Gasteiger partial charge on any atom is -0.755 e. The normalized spacial score (nSPS) is 11.9. The summed E-state index contributed by atoms with van der Waals surface area (Å²) in [6.45, 7) is 0. The topological polar surface area (TPSA) is 81.3 Å². The van der Waals surface area contributed by atoms with E-state index >= 15 is 0 Å². The first kappa shape index (κ1) is 12.0. The molecule has 7 heteroatoms. The van der Waals surface area contributed by atoms with Crippen LogP contribution < -0.4 is 10.0 Å². The molecular weight excluding hydrogens is 240 g/mol. The molecule has 0 bridgehead atoms. The molecule has 1 amide bonds. The lowest BCUT2D eigenvalue weighted by molar-refractivity contribution is -0.113. The molecule has 0 fully saturated rings. The van der Waals surface area contributed by atoms with Crippen molar-refractivity contribution in [2.45, 2.75) is 0 Å². The minimum atomic E-state index is -2.34. The van der Waals surface area contributed by atoms with Crippen molar-refractivity contribution in [3.8, 4) is 0 Å². The van der Waals surface area contributed by atoms with Crippen LogP contribution in [0.25, 0.3) is 0 Å². The molecular formula is C8H8ClN2O3S-. The van der Waals surface area contributed by atoms with Crippen LogP contribution in [0.1, 0.15) is 0 Å². The summed E-state index contributed by atoms with van der Waals surface area (Å²) in [5.74, 6) is -0.435. The molecule has 0 saturated heterocycles. The van der Waals surface area contributed by atoms with E-state index in [1.807, 2.05) is 0 Å². The standard InChI is InChI=1S/C8H9ClN2O3S/c9-5-8(12)10-6-1-3-7(4-2-6)11-15(13)14/h1-4,11H,5H2,(H,10,12)(H,13,14)/p-1. The summed E-state index contributed by atoms with van der Waals surface area (Å²) >= 11 is 2.95. The van der Waals surface area contributed by atoms with Gasteiger partial charge < -0.3 is 14.6 Å². The van der Waals surface area contributed by atoms with Crippen LogP contribution in [0.3, 0.4) is 0 Å². The van der Waals surface area contributed by atoms with Crippen molar-refractivity contribution in [1.29, 1.82) is 0 Å². The Hall–Kier alpha value is -1.11. The van der Waals surface area contributed by atoms with Crippen LogP contribution in [0, 0.1) is 0 Å². The lowest BCUT2D eigenvalue weighted by Crippen LogP contribution is -2.12. The first-order chi connectivity index (χ1) is 7.11. The highest BCUT2D eigenvalue weighted by Crippen LogP contribution is 2.13. The Morgan fingerprint density at radius 1 is 1.33 bits per heavy atom. The molecule has 0 spiro atoms. The van der Waals surface area contributed by atoms with E-state index < -0.39 is 11.3 Å². The highest BCUT2D eigenvalue weighted by Gasteiger charge is 1.99. The van der Waals surface area contributed by atoms with Crippen molar-refractivity contribution in [1.82, 2.24) is 0 Å². The van der Waals surface area contributed by atoms with Gasteiger partial charge in [-0.05, 0) is 24.3 Å². The smallest absolute Gasteiger partial charge is 0.239 e. The first-order valence-corrected chi connectivity index (χ1v) is 5.54. The third-order valence-electron chi connectivity index (χ3n) is 1.49. The molecule has 2 N–H and O–H groups in total. The summed E-state index contributed by atoms with van der Waals surface area (Å²) in [5.41, 5.74) is 0.982. The average Bonchev–Trinajstić information content (AvgIpc) is 2.20. The van der Waals surface area contributed by atoms with Crippen molar-refractivity contribution >= 4 is 40.1 Å². The van der Waals surface area contributed by atoms with Gasteiger partial charge >= 0.3 is 0 Å². The number of carbonyl (C=O) groups excluding carboxylic acids is 1. The van der Waals surface area contributed by atoms with Gasteiger partial charge in [0.2, 0.25) is 5.91 Å². The maximum Gasteiger partial charge on any atom is 0.239 e. The summed E-state index contributed by atoms with van der Waals surface area (Å²) in [4.78, 5) is 10.9. The van der Waals surface area contributed by atoms with E-state index in [1.165, 1.54) is 12.1 Å². The van der Waals surface area contributed by atoms with Crippen LogP contribution in [0.5, 0.6) is 0 Å². The van der Waals surface area contributed by atoms with Crippen LogP contribution in [0.15, 0.2) is 24.3 Å². The van der Waals surface area contributed by atoms with Gasteiger partial charge in [-0.3, -0.25) is 9.00 Å². The van der Waals surface area contributed by atoms with Crippen molar-refractivity contribution in [2.75, 3.05) is 15.9 Å². The average molecular weight is 248 g/mol. The Bertz CT molecular complexity index is 369. The molecule has 82 valence electrons. The summed E-state index contributed by atoms with van der Waals surface area (Å²) in [6.07, 6.45) is 0. The Kier molecular flexibility index (Phi) is 4.54. The summed E-state index contributed by atoms with van der Waals surface area (Å²) in [7, 11) is 0. The summed E-state index contributed by atoms with van der Waals surface area (Å²) < 4.78 is 22.7. The third kappa shape index (κ3) is 4.28. The van der Waals surface area contributed by atoms with Gasteiger partial charge in [-0.2, -0.15) is 0 Å². The fraction of sp³-hybridized carbons (Fsp3) is 0.125. The summed E-state index contributed by atoms with van der Waals surface area (Å²) in [5, 5.41) is 2.52. The van der Waals surface area contributed by atoms with E-state index in [1.54, 1.807) is 12.1 Å². The van der Waals surface area contributed by atoms with Crippen molar-refractivity contribution in [2.24, 2.45) is 0 Å². The number of amides is 1. The third-order valence-corrected chi connectivity index (χ3v) is 2.14. The predicted octanol–water partition coefficient (Wildman–Crippen LogP) is 1.07. The van der Waals surface area contributed by atoms with E-state index in [0.717, 1.165) is 0 Å². The zero-order chi connectivity index (χ0) is 11.3. The van der Waals surface area contributed by atoms with E-state index in [4.69, 9.17) is 11.6 Å². The largest absolute Gasteiger partial charge is 0.755 e. The molecule has 1 unspecified atom stereocenters. The predicted molar refractivity (Wildman–Crippen MR) is 58.3 cm³/mol. The Morgan fingerprint density at radius 3 is 2.33 bits per heavy atom. The highest BCUT2D eigenvalue weighted by atomic mass is 35.5. The van der Waals surface area contributed by atoms with Gasteiger partial charge in [-0.15, -0.1) is 11.6 Å². The van der Waals surface area contributed by atoms with Gasteiger partial charge in [0.05, 0.1) is 0 Å². The van der Waals surface area contributed by atoms with E-state index in [9.17, 15) is 13.6 Å². The molecule has 1 atom stereocenters. The second kappa shape index (κ2) is 5.69. The van der Waals surface area contributed by atoms with Crippen molar-refractivity contribution < 1.29 is 13.6 Å². The number of carbonyl (C=O) groups is 1. The van der Waals surface area contributed by atoms with Gasteiger partial charge in [0, 0.05) is 22.6 Å². The Labute approximate surface area is 94.2 Å². The van der Waals surface area contributed by atoms with Gasteiger partial charge in [-0.25, -0.2) is 0 Å². The molecule has 1 rings (SSSR count). The number of rotatable bonds is 4. The number of benzene rings is 1. The quantitative estimate of drug-likeness (QED) is 0.617. The molecule has 0 radical (unpaired) electrons. The van der Waals surface area contributed by atoms with E-state index in [0.29, 0.717) is 11.4 Å². The lowest BCUT2D eigenvalue weighted by Gasteiger charge is -2.09. The minimum absolute atomic E-state index is 0.120. The summed E-state index contributed by atoms with van der Waals surface area (Å²) in [6, 6.07) is 6.19. The number of nitrogens with one attached hydrogen (secondary N) is 2. The van der Waals surface area contributed by atoms with E-state index in [2.05, 4.69) is 10.0 Å². The van der Waals surface area contributed by atoms with Crippen LogP contribution in [0.4, 0.5) is 11.4 Å². The monoisotopic (exact) mass is 247 g/mol. The van der Waals surface area contributed by atoms with Crippen LogP contribution in [-0.2, 0) is 16.1 Å². The fourth-order valence-corrected chi connectivity index (χ4v) is 1.31. The molecule has 5 nitrogen and oxygen atoms in total. The lowest BCUT2D eigenvalue weighted by atomic mass is 10.3. The molecule has 0 aromatic heterocycles. The second-order valence-corrected chi connectivity index (χ2v) is 3.54.